The first-order valence-electron chi connectivity index (χ1n) is 6.61. The lowest BCUT2D eigenvalue weighted by Gasteiger charge is -2.20. The number of thioether (sulfide) groups is 1. The summed E-state index contributed by atoms with van der Waals surface area (Å²) in [7, 11) is 0. The predicted molar refractivity (Wildman–Crippen MR) is 71.7 cm³/mol. The molecule has 1 saturated carbocycles. The molecule has 0 aromatic carbocycles. The van der Waals surface area contributed by atoms with Crippen LogP contribution in [0.15, 0.2) is 0 Å². The first-order chi connectivity index (χ1) is 7.29. The third kappa shape index (κ3) is 7.24. The Bertz CT molecular complexity index is 141. The summed E-state index contributed by atoms with van der Waals surface area (Å²) in [6.07, 6.45) is 8.67. The summed E-state index contributed by atoms with van der Waals surface area (Å²) in [5.74, 6) is 2.14. The van der Waals surface area contributed by atoms with E-state index in [1.54, 1.807) is 0 Å². The first-order valence-corrected chi connectivity index (χ1v) is 7.66. The van der Waals surface area contributed by atoms with Crippen LogP contribution in [0.1, 0.15) is 52.4 Å². The Morgan fingerprint density at radius 2 is 1.87 bits per heavy atom. The van der Waals surface area contributed by atoms with Crippen molar-refractivity contribution in [1.29, 1.82) is 0 Å². The summed E-state index contributed by atoms with van der Waals surface area (Å²) < 4.78 is 0. The molecule has 1 N–H and O–H groups in total. The molecule has 2 heteroatoms. The van der Waals surface area contributed by atoms with Gasteiger partial charge in [-0.05, 0) is 31.7 Å². The quantitative estimate of drug-likeness (QED) is 0.668. The van der Waals surface area contributed by atoms with Gasteiger partial charge in [-0.1, -0.05) is 33.1 Å². The largest absolute Gasteiger partial charge is 0.316 e. The number of hydrogen-bond donors (Lipinski definition) is 1. The number of nitrogens with one attached hydrogen (secondary N) is 1. The Kier molecular flexibility index (Phi) is 7.54. The van der Waals surface area contributed by atoms with Crippen LogP contribution >= 0.6 is 11.8 Å². The van der Waals surface area contributed by atoms with E-state index in [9.17, 15) is 0 Å². The van der Waals surface area contributed by atoms with Gasteiger partial charge in [0.15, 0.2) is 0 Å². The van der Waals surface area contributed by atoms with E-state index in [-0.39, 0.29) is 0 Å². The molecule has 1 rings (SSSR count). The second-order valence-corrected chi connectivity index (χ2v) is 6.47. The molecule has 0 unspecified atom stereocenters. The zero-order valence-electron chi connectivity index (χ0n) is 10.4. The van der Waals surface area contributed by atoms with E-state index in [0.717, 1.165) is 11.2 Å². The van der Waals surface area contributed by atoms with E-state index in [2.05, 4.69) is 30.9 Å². The molecule has 0 atom stereocenters. The van der Waals surface area contributed by atoms with E-state index in [0.29, 0.717) is 0 Å². The molecule has 0 radical (unpaired) electrons. The minimum absolute atomic E-state index is 0.837. The molecule has 1 aliphatic carbocycles. The molecular weight excluding hydrogens is 202 g/mol. The molecule has 0 amide bonds. The molecule has 0 bridgehead atoms. The molecule has 1 fully saturated rings. The van der Waals surface area contributed by atoms with Gasteiger partial charge in [-0.25, -0.2) is 0 Å². The maximum absolute atomic E-state index is 3.54. The van der Waals surface area contributed by atoms with Gasteiger partial charge in [0, 0.05) is 17.5 Å². The van der Waals surface area contributed by atoms with Crippen molar-refractivity contribution in [2.45, 2.75) is 57.6 Å². The minimum Gasteiger partial charge on any atom is -0.316 e. The Hall–Kier alpha value is 0.310. The van der Waals surface area contributed by atoms with Gasteiger partial charge in [0.1, 0.15) is 0 Å². The van der Waals surface area contributed by atoms with Gasteiger partial charge in [-0.3, -0.25) is 0 Å². The molecule has 0 aromatic heterocycles. The highest BCUT2D eigenvalue weighted by Crippen LogP contribution is 2.27. The summed E-state index contributed by atoms with van der Waals surface area (Å²) in [4.78, 5) is 0. The topological polar surface area (TPSA) is 12.0 Å². The molecule has 0 saturated heterocycles. The van der Waals surface area contributed by atoms with Crippen molar-refractivity contribution >= 4 is 11.8 Å². The van der Waals surface area contributed by atoms with Crippen LogP contribution in [0.4, 0.5) is 0 Å². The van der Waals surface area contributed by atoms with Crippen molar-refractivity contribution in [3.63, 3.8) is 0 Å². The van der Waals surface area contributed by atoms with Gasteiger partial charge in [-0.2, -0.15) is 11.8 Å². The molecule has 1 aliphatic rings. The van der Waals surface area contributed by atoms with Crippen LogP contribution in [0.2, 0.25) is 0 Å². The van der Waals surface area contributed by atoms with Crippen LogP contribution in [0.5, 0.6) is 0 Å². The van der Waals surface area contributed by atoms with Gasteiger partial charge >= 0.3 is 0 Å². The second-order valence-electron chi connectivity index (χ2n) is 5.06. The van der Waals surface area contributed by atoms with E-state index < -0.39 is 0 Å². The standard InChI is InChI=1S/C13H27NS/c1-12(2)8-9-14-10-11-15-13-6-4-3-5-7-13/h12-14H,3-11H2,1-2H3. The maximum Gasteiger partial charge on any atom is 0.00608 e. The molecule has 0 heterocycles. The second kappa shape index (κ2) is 8.46. The van der Waals surface area contributed by atoms with Crippen molar-refractivity contribution in [2.24, 2.45) is 5.92 Å². The third-order valence-electron chi connectivity index (χ3n) is 3.08. The van der Waals surface area contributed by atoms with Crippen LogP contribution in [0.3, 0.4) is 0 Å². The third-order valence-corrected chi connectivity index (χ3v) is 4.47. The molecule has 0 spiro atoms. The molecular formula is C13H27NS. The SMILES string of the molecule is CC(C)CCNCCSC1CCCCC1. The summed E-state index contributed by atoms with van der Waals surface area (Å²) in [6, 6.07) is 0. The highest BCUT2D eigenvalue weighted by molar-refractivity contribution is 7.99. The van der Waals surface area contributed by atoms with Gasteiger partial charge in [0.2, 0.25) is 0 Å². The van der Waals surface area contributed by atoms with Crippen LogP contribution in [0.25, 0.3) is 0 Å². The van der Waals surface area contributed by atoms with Crippen LogP contribution in [0, 0.1) is 5.92 Å². The van der Waals surface area contributed by atoms with Crippen molar-refractivity contribution in [3.8, 4) is 0 Å². The summed E-state index contributed by atoms with van der Waals surface area (Å²) >= 11 is 2.19. The Balaban J connectivity index is 1.83. The average molecular weight is 229 g/mol. The minimum atomic E-state index is 0.837. The normalized spacial score (nSPS) is 18.6. The summed E-state index contributed by atoms with van der Waals surface area (Å²) in [5.41, 5.74) is 0. The smallest absolute Gasteiger partial charge is 0.00608 e. The van der Waals surface area contributed by atoms with Gasteiger partial charge in [-0.15, -0.1) is 0 Å². The zero-order chi connectivity index (χ0) is 10.9. The number of rotatable bonds is 7. The lowest BCUT2D eigenvalue weighted by Crippen LogP contribution is -2.21. The maximum atomic E-state index is 3.54. The van der Waals surface area contributed by atoms with Crippen LogP contribution < -0.4 is 5.32 Å². The van der Waals surface area contributed by atoms with Crippen LogP contribution in [-0.2, 0) is 0 Å². The Morgan fingerprint density at radius 1 is 1.13 bits per heavy atom. The highest BCUT2D eigenvalue weighted by atomic mass is 32.2. The summed E-state index contributed by atoms with van der Waals surface area (Å²) in [5, 5.41) is 4.51. The lowest BCUT2D eigenvalue weighted by atomic mass is 10.0. The van der Waals surface area contributed by atoms with Gasteiger partial charge in [0.25, 0.3) is 0 Å². The first kappa shape index (κ1) is 13.4. The lowest BCUT2D eigenvalue weighted by molar-refractivity contribution is 0.515. The van der Waals surface area contributed by atoms with E-state index >= 15 is 0 Å². The van der Waals surface area contributed by atoms with Gasteiger partial charge < -0.3 is 5.32 Å². The van der Waals surface area contributed by atoms with Crippen LogP contribution in [-0.4, -0.2) is 24.1 Å². The molecule has 15 heavy (non-hydrogen) atoms. The van der Waals surface area contributed by atoms with Crippen molar-refractivity contribution < 1.29 is 0 Å². The predicted octanol–water partition coefficient (Wildman–Crippen LogP) is 3.69. The fourth-order valence-corrected chi connectivity index (χ4v) is 3.31. The van der Waals surface area contributed by atoms with E-state index in [1.165, 1.54) is 57.4 Å². The van der Waals surface area contributed by atoms with Crippen molar-refractivity contribution in [3.05, 3.63) is 0 Å². The highest BCUT2D eigenvalue weighted by Gasteiger charge is 2.12. The Morgan fingerprint density at radius 3 is 2.53 bits per heavy atom. The molecule has 0 aromatic rings. The molecule has 0 aliphatic heterocycles. The fourth-order valence-electron chi connectivity index (χ4n) is 2.05. The average Bonchev–Trinajstić information content (AvgIpc) is 2.24. The molecule has 90 valence electrons. The van der Waals surface area contributed by atoms with Gasteiger partial charge in [0.05, 0.1) is 0 Å². The van der Waals surface area contributed by atoms with E-state index in [4.69, 9.17) is 0 Å². The zero-order valence-corrected chi connectivity index (χ0v) is 11.2. The van der Waals surface area contributed by atoms with E-state index in [1.807, 2.05) is 0 Å². The van der Waals surface area contributed by atoms with Crippen molar-refractivity contribution in [1.82, 2.24) is 5.32 Å². The molecule has 1 nitrogen and oxygen atoms in total. The fraction of sp³-hybridized carbons (Fsp3) is 1.00. The Labute approximate surface area is 99.8 Å². The number of hydrogen-bond acceptors (Lipinski definition) is 2. The van der Waals surface area contributed by atoms with Crippen molar-refractivity contribution in [2.75, 3.05) is 18.8 Å². The monoisotopic (exact) mass is 229 g/mol. The summed E-state index contributed by atoms with van der Waals surface area (Å²) in [6.45, 7) is 6.98.